The van der Waals surface area contributed by atoms with E-state index in [-0.39, 0.29) is 0 Å². The first-order valence-electron chi connectivity index (χ1n) is 5.64. The number of carbonyl (C=O) groups is 1. The molecule has 0 aliphatic carbocycles. The number of hydrogen-bond acceptors (Lipinski definition) is 11. The molecule has 1 amide bonds. The lowest BCUT2D eigenvalue weighted by Crippen LogP contribution is -2.75. The van der Waals surface area contributed by atoms with Crippen molar-refractivity contribution in [3.63, 3.8) is 0 Å². The summed E-state index contributed by atoms with van der Waals surface area (Å²) in [6.45, 7) is -0.482. The average Bonchev–Trinajstić information content (AvgIpc) is 2.39. The third kappa shape index (κ3) is 2.57. The zero-order chi connectivity index (χ0) is 17.5. The van der Waals surface area contributed by atoms with Crippen LogP contribution in [0.15, 0.2) is 0 Å². The minimum absolute atomic E-state index is 0.536. The van der Waals surface area contributed by atoms with Gasteiger partial charge in [-0.1, -0.05) is 0 Å². The van der Waals surface area contributed by atoms with Gasteiger partial charge in [0.15, 0.2) is 0 Å². The molecule has 5 N–H and O–H groups in total. The Morgan fingerprint density at radius 1 is 1.23 bits per heavy atom. The lowest BCUT2D eigenvalue weighted by atomic mass is 9.95. The fourth-order valence-corrected chi connectivity index (χ4v) is 3.51. The standard InChI is InChI=1S/C8H13NO11P2/c1-3(11)9(22(18)19)8(15)7(14,21(16)17)6(13)5(12)4(2-10)20-8/h4-6,10,12-15H,2H2,1H3. The molecule has 0 bridgehead atoms. The van der Waals surface area contributed by atoms with Crippen LogP contribution in [0.3, 0.4) is 0 Å². The number of carbonyl (C=O) groups excluding carboxylic acids is 1. The summed E-state index contributed by atoms with van der Waals surface area (Å²) < 4.78 is 48.8. The van der Waals surface area contributed by atoms with E-state index >= 15 is 0 Å². The first-order valence-corrected chi connectivity index (χ1v) is 7.95. The average molecular weight is 361 g/mol. The van der Waals surface area contributed by atoms with Crippen molar-refractivity contribution in [1.29, 1.82) is 0 Å². The van der Waals surface area contributed by atoms with Crippen LogP contribution in [-0.4, -0.2) is 72.3 Å². The fourth-order valence-electron chi connectivity index (χ4n) is 2.02. The van der Waals surface area contributed by atoms with Crippen LogP contribution in [0.2, 0.25) is 0 Å². The number of aliphatic hydroxyl groups excluding tert-OH is 3. The molecule has 126 valence electrons. The first-order chi connectivity index (χ1) is 9.95. The maximum absolute atomic E-state index is 11.4. The van der Waals surface area contributed by atoms with E-state index in [9.17, 15) is 43.5 Å². The van der Waals surface area contributed by atoms with Crippen molar-refractivity contribution in [1.82, 2.24) is 4.67 Å². The Labute approximate surface area is 123 Å². The SMILES string of the molecule is CC(=O)N(P(=O)=O)C1(O)OC(CO)C(O)C(O)C1(O)P(=O)=O. The highest BCUT2D eigenvalue weighted by Crippen LogP contribution is 2.50. The van der Waals surface area contributed by atoms with Gasteiger partial charge in [0.1, 0.15) is 18.3 Å². The number of amides is 1. The fraction of sp³-hybridized carbons (Fsp3) is 0.875. The summed E-state index contributed by atoms with van der Waals surface area (Å²) in [5, 5.41) is 44.8. The minimum atomic E-state index is -4.23. The van der Waals surface area contributed by atoms with Crippen molar-refractivity contribution in [2.75, 3.05) is 6.61 Å². The van der Waals surface area contributed by atoms with Crippen LogP contribution in [0.4, 0.5) is 0 Å². The molecule has 1 aliphatic heterocycles. The number of nitrogens with zero attached hydrogens (tertiary/aromatic N) is 1. The van der Waals surface area contributed by atoms with Gasteiger partial charge in [-0.3, -0.25) is 4.79 Å². The number of rotatable bonds is 4. The highest BCUT2D eigenvalue weighted by molar-refractivity contribution is 7.33. The number of aliphatic hydroxyl groups is 5. The Balaban J connectivity index is 3.65. The zero-order valence-corrected chi connectivity index (χ0v) is 12.8. The molecule has 1 heterocycles. The molecule has 0 aromatic heterocycles. The maximum Gasteiger partial charge on any atom is 0.433 e. The van der Waals surface area contributed by atoms with Crippen LogP contribution in [0.25, 0.3) is 0 Å². The summed E-state index contributed by atoms with van der Waals surface area (Å²) in [4.78, 5) is 11.4. The van der Waals surface area contributed by atoms with E-state index in [2.05, 4.69) is 4.74 Å². The van der Waals surface area contributed by atoms with Crippen molar-refractivity contribution in [2.45, 2.75) is 36.5 Å². The van der Waals surface area contributed by atoms with Gasteiger partial charge in [0, 0.05) is 6.92 Å². The zero-order valence-electron chi connectivity index (χ0n) is 11.0. The number of hydrogen-bond donors (Lipinski definition) is 5. The quantitative estimate of drug-likeness (QED) is 0.263. The van der Waals surface area contributed by atoms with E-state index in [0.717, 1.165) is 0 Å². The van der Waals surface area contributed by atoms with E-state index in [4.69, 9.17) is 5.11 Å². The third-order valence-corrected chi connectivity index (χ3v) is 5.11. The van der Waals surface area contributed by atoms with Gasteiger partial charge in [-0.2, -0.15) is 4.67 Å². The van der Waals surface area contributed by atoms with Gasteiger partial charge in [0.25, 0.3) is 5.34 Å². The van der Waals surface area contributed by atoms with E-state index in [1.54, 1.807) is 0 Å². The van der Waals surface area contributed by atoms with Crippen molar-refractivity contribution < 1.29 is 53.3 Å². The topological polar surface area (TPSA) is 199 Å². The van der Waals surface area contributed by atoms with E-state index in [1.165, 1.54) is 0 Å². The molecule has 1 fully saturated rings. The van der Waals surface area contributed by atoms with Gasteiger partial charge in [-0.15, -0.1) is 0 Å². The van der Waals surface area contributed by atoms with Crippen molar-refractivity contribution in [3.8, 4) is 0 Å². The first kappa shape index (κ1) is 19.1. The minimum Gasteiger partial charge on any atom is -0.394 e. The molecule has 5 atom stereocenters. The molecule has 22 heavy (non-hydrogen) atoms. The normalized spacial score (nSPS) is 38.4. The molecule has 0 spiro atoms. The molecular formula is C8H13NO11P2. The monoisotopic (exact) mass is 361 g/mol. The van der Waals surface area contributed by atoms with Gasteiger partial charge in [0.05, 0.1) is 6.61 Å². The van der Waals surface area contributed by atoms with Crippen LogP contribution in [0.5, 0.6) is 0 Å². The second-order valence-electron chi connectivity index (χ2n) is 4.43. The number of ether oxygens (including phenoxy) is 1. The van der Waals surface area contributed by atoms with Crippen LogP contribution >= 0.6 is 15.5 Å². The Hall–Kier alpha value is -0.970. The second-order valence-corrected chi connectivity index (χ2v) is 6.51. The van der Waals surface area contributed by atoms with E-state index in [1.807, 2.05) is 0 Å². The lowest BCUT2D eigenvalue weighted by molar-refractivity contribution is -0.394. The lowest BCUT2D eigenvalue weighted by Gasteiger charge is -2.50. The molecule has 0 aromatic carbocycles. The Kier molecular flexibility index (Phi) is 5.43. The molecule has 1 aliphatic rings. The molecule has 1 saturated heterocycles. The molecular weight excluding hydrogens is 348 g/mol. The smallest absolute Gasteiger partial charge is 0.394 e. The van der Waals surface area contributed by atoms with E-state index in [0.29, 0.717) is 6.92 Å². The Bertz CT molecular complexity index is 587. The molecule has 0 saturated carbocycles. The summed E-state index contributed by atoms with van der Waals surface area (Å²) >= 11 is 0. The van der Waals surface area contributed by atoms with Gasteiger partial charge in [0.2, 0.25) is 5.91 Å². The summed E-state index contributed by atoms with van der Waals surface area (Å²) in [5.74, 6) is -5.23. The summed E-state index contributed by atoms with van der Waals surface area (Å²) in [5.41, 5.74) is 0. The largest absolute Gasteiger partial charge is 0.433 e. The predicted molar refractivity (Wildman–Crippen MR) is 63.0 cm³/mol. The van der Waals surface area contributed by atoms with E-state index < -0.39 is 62.3 Å². The summed E-state index contributed by atoms with van der Waals surface area (Å²) in [7, 11) is -8.24. The van der Waals surface area contributed by atoms with Crippen molar-refractivity contribution in [3.05, 3.63) is 0 Å². The molecule has 14 heteroatoms. The summed E-state index contributed by atoms with van der Waals surface area (Å²) in [6.07, 6.45) is -6.75. The molecule has 12 nitrogen and oxygen atoms in total. The van der Waals surface area contributed by atoms with Gasteiger partial charge in [-0.05, 0) is 0 Å². The van der Waals surface area contributed by atoms with Gasteiger partial charge >= 0.3 is 21.4 Å². The highest BCUT2D eigenvalue weighted by atomic mass is 31.1. The van der Waals surface area contributed by atoms with Crippen LogP contribution in [0, 0.1) is 0 Å². The maximum atomic E-state index is 11.4. The van der Waals surface area contributed by atoms with Gasteiger partial charge < -0.3 is 30.3 Å². The molecule has 0 radical (unpaired) electrons. The Morgan fingerprint density at radius 3 is 2.05 bits per heavy atom. The summed E-state index contributed by atoms with van der Waals surface area (Å²) in [6, 6.07) is 0. The molecule has 0 aromatic rings. The second kappa shape index (κ2) is 6.26. The Morgan fingerprint density at radius 2 is 1.73 bits per heavy atom. The van der Waals surface area contributed by atoms with Crippen molar-refractivity contribution in [2.24, 2.45) is 0 Å². The predicted octanol–water partition coefficient (Wildman–Crippen LogP) is -2.46. The molecule has 5 unspecified atom stereocenters. The third-order valence-electron chi connectivity index (χ3n) is 3.12. The van der Waals surface area contributed by atoms with Crippen molar-refractivity contribution >= 4 is 21.4 Å². The van der Waals surface area contributed by atoms with Crippen LogP contribution in [0.1, 0.15) is 6.92 Å². The van der Waals surface area contributed by atoms with Crippen LogP contribution in [-0.2, 0) is 27.8 Å². The molecule has 1 rings (SSSR count). The van der Waals surface area contributed by atoms with Crippen LogP contribution < -0.4 is 0 Å². The van der Waals surface area contributed by atoms with Gasteiger partial charge in [-0.25, -0.2) is 18.3 Å². The highest BCUT2D eigenvalue weighted by Gasteiger charge is 2.72.